The molecule has 0 saturated carbocycles. The van der Waals surface area contributed by atoms with E-state index in [9.17, 15) is 27.6 Å². The number of aromatic nitrogens is 1. The molecule has 1 unspecified atom stereocenters. The number of ether oxygens (including phenoxy) is 1. The van der Waals surface area contributed by atoms with Gasteiger partial charge < -0.3 is 25.2 Å². The number of anilines is 3. The molecular weight excluding hydrogens is 540 g/mol. The van der Waals surface area contributed by atoms with Gasteiger partial charge in [-0.25, -0.2) is 14.2 Å². The van der Waals surface area contributed by atoms with Crippen molar-refractivity contribution >= 4 is 57.7 Å². The normalized spacial score (nSPS) is 18.3. The average molecular weight is 563 g/mol. The first-order valence-corrected chi connectivity index (χ1v) is 12.2. The number of nitrogens with zero attached hydrogens (tertiary/aromatic N) is 5. The van der Waals surface area contributed by atoms with E-state index in [1.807, 2.05) is 0 Å². The summed E-state index contributed by atoms with van der Waals surface area (Å²) < 4.78 is 59.9. The highest BCUT2D eigenvalue weighted by Gasteiger charge is 2.41. The highest BCUT2D eigenvalue weighted by Crippen LogP contribution is 2.36. The molecule has 200 valence electrons. The summed E-state index contributed by atoms with van der Waals surface area (Å²) in [7, 11) is 1.51. The molecule has 4 rings (SSSR count). The summed E-state index contributed by atoms with van der Waals surface area (Å²) in [6, 6.07) is 4.21. The predicted molar refractivity (Wildman–Crippen MR) is 131 cm³/mol. The minimum Gasteiger partial charge on any atom is -0.442 e. The van der Waals surface area contributed by atoms with Crippen LogP contribution in [-0.4, -0.2) is 84.4 Å². The molecule has 2 aliphatic heterocycles. The molecule has 2 fully saturated rings. The number of alkyl halides is 3. The number of nitrogens with two attached hydrogens (primary N) is 1. The van der Waals surface area contributed by atoms with E-state index >= 15 is 4.39 Å². The molecule has 3 amide bonds. The van der Waals surface area contributed by atoms with E-state index in [2.05, 4.69) is 17.6 Å². The van der Waals surface area contributed by atoms with E-state index in [0.29, 0.717) is 11.3 Å². The fourth-order valence-electron chi connectivity index (χ4n) is 4.10. The zero-order chi connectivity index (χ0) is 27.1. The number of thiol groups is 1. The third-order valence-corrected chi connectivity index (χ3v) is 7.15. The predicted octanol–water partition coefficient (Wildman–Crippen LogP) is 3.15. The van der Waals surface area contributed by atoms with Crippen LogP contribution in [0.3, 0.4) is 0 Å². The lowest BCUT2D eigenvalue weighted by Gasteiger charge is -2.36. The number of rotatable bonds is 5. The van der Waals surface area contributed by atoms with E-state index < -0.39 is 45.9 Å². The summed E-state index contributed by atoms with van der Waals surface area (Å²) in [6.07, 6.45) is -6.09. The summed E-state index contributed by atoms with van der Waals surface area (Å²) in [4.78, 5) is 44.4. The quantitative estimate of drug-likeness (QED) is 0.425. The van der Waals surface area contributed by atoms with Gasteiger partial charge in [0.2, 0.25) is 0 Å². The van der Waals surface area contributed by atoms with Crippen molar-refractivity contribution < 1.29 is 36.7 Å². The molecule has 37 heavy (non-hydrogen) atoms. The molecule has 0 radical (unpaired) electrons. The van der Waals surface area contributed by atoms with Crippen molar-refractivity contribution in [2.24, 2.45) is 0 Å². The van der Waals surface area contributed by atoms with Gasteiger partial charge in [-0.1, -0.05) is 24.0 Å². The minimum atomic E-state index is -4.81. The number of carbonyl (C=O) groups excluding carboxylic acids is 3. The maximum absolute atomic E-state index is 15.0. The highest BCUT2D eigenvalue weighted by atomic mass is 32.1. The van der Waals surface area contributed by atoms with Gasteiger partial charge in [-0.05, 0) is 18.2 Å². The number of hydrogen-bond acceptors (Lipinski definition) is 8. The number of benzene rings is 1. The number of halogens is 4. The summed E-state index contributed by atoms with van der Waals surface area (Å²) in [5, 5.41) is -0.837. The Balaban J connectivity index is 1.40. The van der Waals surface area contributed by atoms with Gasteiger partial charge in [0.1, 0.15) is 16.8 Å². The Labute approximate surface area is 218 Å². The number of carbonyl (C=O) groups is 3. The van der Waals surface area contributed by atoms with Gasteiger partial charge in [0.05, 0.1) is 24.5 Å². The van der Waals surface area contributed by atoms with Crippen LogP contribution < -0.4 is 15.5 Å². The number of cyclic esters (lactones) is 1. The van der Waals surface area contributed by atoms with Gasteiger partial charge >= 0.3 is 12.3 Å². The first kappa shape index (κ1) is 26.8. The van der Waals surface area contributed by atoms with Gasteiger partial charge in [0.25, 0.3) is 11.1 Å². The van der Waals surface area contributed by atoms with E-state index in [-0.39, 0.29) is 55.8 Å². The lowest BCUT2D eigenvalue weighted by Crippen LogP contribution is -2.49. The number of hydrogen-bond donors (Lipinski definition) is 2. The van der Waals surface area contributed by atoms with Gasteiger partial charge in [-0.2, -0.15) is 13.2 Å². The van der Waals surface area contributed by atoms with Crippen LogP contribution in [-0.2, 0) is 10.9 Å². The van der Waals surface area contributed by atoms with E-state index in [1.54, 1.807) is 11.0 Å². The maximum Gasteiger partial charge on any atom is 0.435 e. The van der Waals surface area contributed by atoms with E-state index in [1.165, 1.54) is 33.9 Å². The Morgan fingerprint density at radius 1 is 1.27 bits per heavy atom. The zero-order valence-electron chi connectivity index (χ0n) is 19.4. The SMILES string of the molecule is CN(CC1CN(c2ccc(N3CCN(C(=O)c4sc(N)nc4C(F)(F)F)CC3)c(F)c2)C(=O)O1)C(=O)S. The van der Waals surface area contributed by atoms with Gasteiger partial charge in [-0.3, -0.25) is 14.5 Å². The van der Waals surface area contributed by atoms with Crippen molar-refractivity contribution in [1.29, 1.82) is 0 Å². The summed E-state index contributed by atoms with van der Waals surface area (Å²) in [5.74, 6) is -1.45. The largest absolute Gasteiger partial charge is 0.442 e. The Bertz CT molecular complexity index is 1220. The van der Waals surface area contributed by atoms with Crippen molar-refractivity contribution in [2.45, 2.75) is 12.3 Å². The maximum atomic E-state index is 15.0. The molecule has 0 aliphatic carbocycles. The van der Waals surface area contributed by atoms with E-state index in [4.69, 9.17) is 10.5 Å². The lowest BCUT2D eigenvalue weighted by molar-refractivity contribution is -0.141. The van der Waals surface area contributed by atoms with Crippen LogP contribution in [0.25, 0.3) is 0 Å². The molecule has 0 spiro atoms. The summed E-state index contributed by atoms with van der Waals surface area (Å²) >= 11 is 4.19. The van der Waals surface area contributed by atoms with Crippen LogP contribution >= 0.6 is 24.0 Å². The molecular formula is C21H22F4N6O4S2. The second-order valence-corrected chi connectivity index (χ2v) is 9.84. The smallest absolute Gasteiger partial charge is 0.435 e. The second kappa shape index (κ2) is 10.2. The van der Waals surface area contributed by atoms with Gasteiger partial charge in [0, 0.05) is 33.2 Å². The Morgan fingerprint density at radius 3 is 2.54 bits per heavy atom. The molecule has 1 atom stereocenters. The number of thiazole rings is 1. The number of nitrogen functional groups attached to an aromatic ring is 1. The summed E-state index contributed by atoms with van der Waals surface area (Å²) in [5.41, 5.74) is 4.58. The molecule has 10 nitrogen and oxygen atoms in total. The van der Waals surface area contributed by atoms with Gasteiger partial charge in [0.15, 0.2) is 10.8 Å². The standard InChI is InChI=1S/C21H22F4N6O4S2/c1-28(20(34)36)9-12-10-31(19(33)35-12)11-2-3-14(13(22)8-11)29-4-6-30(7-5-29)17(32)15-16(21(23,24)25)27-18(26)37-15/h2-3,8,12H,4-7,9-10H2,1H3,(H2,26,27)(H,34,36). The first-order valence-electron chi connectivity index (χ1n) is 10.9. The minimum absolute atomic E-state index is 0.0621. The van der Waals surface area contributed by atoms with Gasteiger partial charge in [-0.15, -0.1) is 0 Å². The van der Waals surface area contributed by atoms with Crippen molar-refractivity contribution in [3.8, 4) is 0 Å². The third-order valence-electron chi connectivity index (χ3n) is 5.94. The molecule has 0 bridgehead atoms. The average Bonchev–Trinajstić information content (AvgIpc) is 3.41. The molecule has 16 heteroatoms. The van der Waals surface area contributed by atoms with Crippen LogP contribution in [0.15, 0.2) is 18.2 Å². The fraction of sp³-hybridized carbons (Fsp3) is 0.429. The molecule has 2 aromatic rings. The molecule has 3 heterocycles. The molecule has 1 aromatic carbocycles. The molecule has 1 aromatic heterocycles. The topological polar surface area (TPSA) is 112 Å². The number of amides is 3. The zero-order valence-corrected chi connectivity index (χ0v) is 21.1. The van der Waals surface area contributed by atoms with Crippen LogP contribution in [0.2, 0.25) is 0 Å². The van der Waals surface area contributed by atoms with Crippen molar-refractivity contribution in [2.75, 3.05) is 61.8 Å². The Kier molecular flexibility index (Phi) is 7.41. The molecule has 2 N–H and O–H groups in total. The first-order chi connectivity index (χ1) is 17.3. The Hall–Kier alpha value is -3.27. The lowest BCUT2D eigenvalue weighted by atomic mass is 10.2. The fourth-order valence-corrected chi connectivity index (χ4v) is 5.00. The number of likely N-dealkylation sites (N-methyl/N-ethyl adjacent to an activating group) is 1. The van der Waals surface area contributed by atoms with Crippen LogP contribution in [0.5, 0.6) is 0 Å². The molecule has 2 saturated heterocycles. The second-order valence-electron chi connectivity index (χ2n) is 8.42. The van der Waals surface area contributed by atoms with Crippen molar-refractivity contribution in [1.82, 2.24) is 14.8 Å². The van der Waals surface area contributed by atoms with Crippen molar-refractivity contribution in [3.63, 3.8) is 0 Å². The monoisotopic (exact) mass is 562 g/mol. The highest BCUT2D eigenvalue weighted by molar-refractivity contribution is 7.96. The van der Waals surface area contributed by atoms with Crippen LogP contribution in [0.4, 0.5) is 43.7 Å². The van der Waals surface area contributed by atoms with Crippen LogP contribution in [0.1, 0.15) is 15.4 Å². The Morgan fingerprint density at radius 2 is 1.95 bits per heavy atom. The van der Waals surface area contributed by atoms with E-state index in [0.717, 1.165) is 0 Å². The number of piperazine rings is 1. The molecule has 2 aliphatic rings. The summed E-state index contributed by atoms with van der Waals surface area (Å²) in [6.45, 7) is 0.725. The third kappa shape index (κ3) is 5.69. The van der Waals surface area contributed by atoms with Crippen molar-refractivity contribution in [3.05, 3.63) is 34.6 Å². The van der Waals surface area contributed by atoms with Crippen LogP contribution in [0, 0.1) is 5.82 Å².